The number of carbonyl (C=O) groups is 1. The average molecular weight is 428 g/mol. The van der Waals surface area contributed by atoms with Crippen molar-refractivity contribution in [2.24, 2.45) is 4.99 Å². The molecule has 5 nitrogen and oxygen atoms in total. The lowest BCUT2D eigenvalue weighted by atomic mass is 9.92. The zero-order valence-corrected chi connectivity index (χ0v) is 15.3. The number of nitrogens with zero attached hydrogens (tertiary/aromatic N) is 2. The second kappa shape index (κ2) is 7.01. The molecular formula is C16H12BrF2N3O2S. The Labute approximate surface area is 154 Å². The standard InChI is InChI=1S/C16H12BrF2N3O2S/c1-7-8(2-3-9(18)12(7)19)13-11(16(23)24)10(6-17)21-14(22-13)15-20-4-5-25-15/h2-5,13H,6H2,1H3,(H,21,22)(H,23,24). The number of carboxylic acids is 1. The van der Waals surface area contributed by atoms with Crippen LogP contribution in [0.2, 0.25) is 0 Å². The summed E-state index contributed by atoms with van der Waals surface area (Å²) in [6, 6.07) is 1.37. The van der Waals surface area contributed by atoms with Crippen molar-refractivity contribution in [3.63, 3.8) is 0 Å². The molecule has 2 heterocycles. The minimum Gasteiger partial charge on any atom is -0.478 e. The molecule has 2 aromatic rings. The third-order valence-corrected chi connectivity index (χ3v) is 5.14. The predicted octanol–water partition coefficient (Wildman–Crippen LogP) is 3.55. The van der Waals surface area contributed by atoms with Crippen LogP contribution in [-0.4, -0.2) is 27.2 Å². The maximum Gasteiger partial charge on any atom is 0.335 e. The van der Waals surface area contributed by atoms with Gasteiger partial charge in [-0.25, -0.2) is 18.6 Å². The van der Waals surface area contributed by atoms with Gasteiger partial charge in [0, 0.05) is 22.6 Å². The van der Waals surface area contributed by atoms with Crippen LogP contribution < -0.4 is 5.32 Å². The Bertz CT molecular complexity index is 897. The smallest absolute Gasteiger partial charge is 0.335 e. The van der Waals surface area contributed by atoms with Crippen LogP contribution in [-0.2, 0) is 4.79 Å². The molecule has 3 rings (SSSR count). The van der Waals surface area contributed by atoms with E-state index in [1.807, 2.05) is 0 Å². The number of amidine groups is 1. The van der Waals surface area contributed by atoms with E-state index < -0.39 is 23.6 Å². The van der Waals surface area contributed by atoms with Crippen LogP contribution in [0.3, 0.4) is 0 Å². The molecule has 130 valence electrons. The molecule has 1 aromatic heterocycles. The minimum atomic E-state index is -1.18. The molecule has 0 fully saturated rings. The van der Waals surface area contributed by atoms with Crippen LogP contribution in [0.5, 0.6) is 0 Å². The number of aliphatic carboxylic acids is 1. The Morgan fingerprint density at radius 3 is 2.80 bits per heavy atom. The number of aromatic nitrogens is 1. The molecule has 1 aromatic carbocycles. The number of hydrogen-bond acceptors (Lipinski definition) is 5. The topological polar surface area (TPSA) is 74.6 Å². The van der Waals surface area contributed by atoms with Crippen molar-refractivity contribution >= 4 is 39.1 Å². The molecule has 9 heteroatoms. The number of thiazole rings is 1. The maximum atomic E-state index is 14.0. The van der Waals surface area contributed by atoms with Gasteiger partial charge in [0.1, 0.15) is 6.04 Å². The fourth-order valence-electron chi connectivity index (χ4n) is 2.59. The largest absolute Gasteiger partial charge is 0.478 e. The molecule has 25 heavy (non-hydrogen) atoms. The Balaban J connectivity index is 2.20. The lowest BCUT2D eigenvalue weighted by Crippen LogP contribution is -2.34. The number of hydrogen-bond donors (Lipinski definition) is 2. The van der Waals surface area contributed by atoms with Gasteiger partial charge in [-0.3, -0.25) is 4.99 Å². The number of benzene rings is 1. The van der Waals surface area contributed by atoms with E-state index in [-0.39, 0.29) is 16.5 Å². The highest BCUT2D eigenvalue weighted by atomic mass is 79.9. The van der Waals surface area contributed by atoms with E-state index in [4.69, 9.17) is 0 Å². The van der Waals surface area contributed by atoms with E-state index in [1.165, 1.54) is 24.3 Å². The van der Waals surface area contributed by atoms with Crippen LogP contribution in [0.1, 0.15) is 22.2 Å². The molecule has 0 saturated carbocycles. The van der Waals surface area contributed by atoms with E-state index in [1.54, 1.807) is 11.6 Å². The molecule has 0 spiro atoms. The Kier molecular flexibility index (Phi) is 4.96. The molecule has 1 unspecified atom stereocenters. The van der Waals surface area contributed by atoms with Gasteiger partial charge in [-0.1, -0.05) is 22.0 Å². The van der Waals surface area contributed by atoms with Crippen molar-refractivity contribution < 1.29 is 18.7 Å². The first-order chi connectivity index (χ1) is 11.9. The van der Waals surface area contributed by atoms with Crippen LogP contribution in [0.4, 0.5) is 8.78 Å². The summed E-state index contributed by atoms with van der Waals surface area (Å²) in [5.41, 5.74) is 0.695. The molecule has 0 radical (unpaired) electrons. The van der Waals surface area contributed by atoms with E-state index >= 15 is 0 Å². The molecule has 0 amide bonds. The first-order valence-corrected chi connectivity index (χ1v) is 9.15. The first kappa shape index (κ1) is 17.7. The lowest BCUT2D eigenvalue weighted by molar-refractivity contribution is -0.133. The van der Waals surface area contributed by atoms with Crippen LogP contribution in [0.15, 0.2) is 40.0 Å². The quantitative estimate of drug-likeness (QED) is 0.731. The normalized spacial score (nSPS) is 17.3. The summed E-state index contributed by atoms with van der Waals surface area (Å²) in [5.74, 6) is -2.78. The van der Waals surface area contributed by atoms with Crippen molar-refractivity contribution in [2.45, 2.75) is 13.0 Å². The number of carboxylic acid groups (broad SMARTS) is 1. The van der Waals surface area contributed by atoms with Gasteiger partial charge in [0.05, 0.1) is 5.57 Å². The van der Waals surface area contributed by atoms with Crippen LogP contribution in [0, 0.1) is 18.6 Å². The Morgan fingerprint density at radius 1 is 1.44 bits per heavy atom. The predicted molar refractivity (Wildman–Crippen MR) is 94.1 cm³/mol. The van der Waals surface area contributed by atoms with E-state index in [0.29, 0.717) is 22.1 Å². The number of halogens is 3. The lowest BCUT2D eigenvalue weighted by Gasteiger charge is -2.26. The van der Waals surface area contributed by atoms with E-state index in [2.05, 4.69) is 31.2 Å². The zero-order valence-electron chi connectivity index (χ0n) is 12.9. The molecule has 1 aliphatic rings. The SMILES string of the molecule is Cc1c(C2N=C(c3nccs3)NC(CBr)=C2C(=O)O)ccc(F)c1F. The molecule has 0 saturated heterocycles. The second-order valence-electron chi connectivity index (χ2n) is 5.25. The highest BCUT2D eigenvalue weighted by Crippen LogP contribution is 2.35. The maximum absolute atomic E-state index is 14.0. The summed E-state index contributed by atoms with van der Waals surface area (Å²) in [4.78, 5) is 20.4. The number of alkyl halides is 1. The van der Waals surface area contributed by atoms with Crippen LogP contribution in [0.25, 0.3) is 0 Å². The molecule has 0 aliphatic carbocycles. The van der Waals surface area contributed by atoms with E-state index in [9.17, 15) is 18.7 Å². The number of allylic oxidation sites excluding steroid dienone is 1. The van der Waals surface area contributed by atoms with Gasteiger partial charge < -0.3 is 10.4 Å². The van der Waals surface area contributed by atoms with Gasteiger partial charge in [-0.15, -0.1) is 11.3 Å². The second-order valence-corrected chi connectivity index (χ2v) is 6.70. The summed E-state index contributed by atoms with van der Waals surface area (Å²) in [6.07, 6.45) is 1.60. The van der Waals surface area contributed by atoms with Gasteiger partial charge in [-0.05, 0) is 24.1 Å². The Hall–Kier alpha value is -2.13. The third kappa shape index (κ3) is 3.21. The van der Waals surface area contributed by atoms with Crippen LogP contribution >= 0.6 is 27.3 Å². The van der Waals surface area contributed by atoms with Gasteiger partial charge in [0.25, 0.3) is 0 Å². The number of aliphatic imine (C=N–C) groups is 1. The van der Waals surface area contributed by atoms with Gasteiger partial charge in [0.2, 0.25) is 0 Å². The Morgan fingerprint density at radius 2 is 2.20 bits per heavy atom. The van der Waals surface area contributed by atoms with Crippen molar-refractivity contribution in [2.75, 3.05) is 5.33 Å². The summed E-state index contributed by atoms with van der Waals surface area (Å²) in [5, 5.41) is 15.2. The summed E-state index contributed by atoms with van der Waals surface area (Å²) in [6.45, 7) is 1.40. The third-order valence-electron chi connectivity index (χ3n) is 3.80. The van der Waals surface area contributed by atoms with Crippen molar-refractivity contribution in [3.8, 4) is 0 Å². The highest BCUT2D eigenvalue weighted by molar-refractivity contribution is 9.09. The number of nitrogens with one attached hydrogen (secondary N) is 1. The molecular weight excluding hydrogens is 416 g/mol. The van der Waals surface area contributed by atoms with Gasteiger partial charge >= 0.3 is 5.97 Å². The minimum absolute atomic E-state index is 0.0220. The first-order valence-electron chi connectivity index (χ1n) is 7.15. The zero-order chi connectivity index (χ0) is 18.1. The van der Waals surface area contributed by atoms with E-state index in [0.717, 1.165) is 6.07 Å². The molecule has 1 atom stereocenters. The van der Waals surface area contributed by atoms with Gasteiger partial charge in [0.15, 0.2) is 22.5 Å². The van der Waals surface area contributed by atoms with Crippen molar-refractivity contribution in [1.29, 1.82) is 0 Å². The van der Waals surface area contributed by atoms with Crippen molar-refractivity contribution in [1.82, 2.24) is 10.3 Å². The molecule has 0 bridgehead atoms. The molecule has 2 N–H and O–H groups in total. The van der Waals surface area contributed by atoms with Crippen molar-refractivity contribution in [3.05, 3.63) is 62.7 Å². The monoisotopic (exact) mass is 427 g/mol. The summed E-state index contributed by atoms with van der Waals surface area (Å²) in [7, 11) is 0. The van der Waals surface area contributed by atoms with Gasteiger partial charge in [-0.2, -0.15) is 0 Å². The average Bonchev–Trinajstić information content (AvgIpc) is 3.13. The summed E-state index contributed by atoms with van der Waals surface area (Å²) < 4.78 is 27.5. The highest BCUT2D eigenvalue weighted by Gasteiger charge is 2.33. The summed E-state index contributed by atoms with van der Waals surface area (Å²) >= 11 is 4.60. The number of rotatable bonds is 4. The molecule has 1 aliphatic heterocycles. The fraction of sp³-hybridized carbons (Fsp3) is 0.188. The fourth-order valence-corrected chi connectivity index (χ4v) is 3.62.